The number of hydrogen-bond acceptors (Lipinski definition) is 4. The zero-order valence-electron chi connectivity index (χ0n) is 11.7. The van der Waals surface area contributed by atoms with Crippen LogP contribution in [0.2, 0.25) is 5.15 Å². The number of para-hydroxylation sites is 1. The predicted molar refractivity (Wildman–Crippen MR) is 81.2 cm³/mol. The zero-order valence-corrected chi connectivity index (χ0v) is 12.4. The Morgan fingerprint density at radius 1 is 1.25 bits per heavy atom. The highest BCUT2D eigenvalue weighted by atomic mass is 35.5. The van der Waals surface area contributed by atoms with Crippen molar-refractivity contribution in [2.75, 3.05) is 5.32 Å². The van der Waals surface area contributed by atoms with E-state index in [1.54, 1.807) is 12.1 Å². The molecule has 1 aromatic carbocycles. The summed E-state index contributed by atoms with van der Waals surface area (Å²) in [5.41, 5.74) is 1.64. The number of aromatic nitrogens is 2. The molecule has 0 saturated carbocycles. The summed E-state index contributed by atoms with van der Waals surface area (Å²) in [6.45, 7) is 4.45. The highest BCUT2D eigenvalue weighted by molar-refractivity contribution is 6.30. The summed E-state index contributed by atoms with van der Waals surface area (Å²) < 4.78 is 0. The first-order chi connectivity index (χ1) is 9.61. The number of halogens is 1. The molecule has 5 heteroatoms. The fourth-order valence-electron chi connectivity index (χ4n) is 1.88. The van der Waals surface area contributed by atoms with Crippen molar-refractivity contribution < 1.29 is 5.11 Å². The Labute approximate surface area is 123 Å². The molecule has 0 radical (unpaired) electrons. The Balaban J connectivity index is 2.18. The monoisotopic (exact) mass is 291 g/mol. The minimum Gasteiger partial charge on any atom is -0.508 e. The van der Waals surface area contributed by atoms with Crippen molar-refractivity contribution in [3.05, 3.63) is 46.4 Å². The molecule has 0 aliphatic rings. The van der Waals surface area contributed by atoms with E-state index in [9.17, 15) is 5.11 Å². The van der Waals surface area contributed by atoms with Crippen LogP contribution in [0.3, 0.4) is 0 Å². The Bertz CT molecular complexity index is 602. The number of phenolic OH excluding ortho intramolecular Hbond substituents is 1. The second-order valence-corrected chi connectivity index (χ2v) is 4.99. The molecule has 4 nitrogen and oxygen atoms in total. The van der Waals surface area contributed by atoms with Crippen molar-refractivity contribution in [2.45, 2.75) is 33.2 Å². The smallest absolute Gasteiger partial charge is 0.137 e. The third-order valence-corrected chi connectivity index (χ3v) is 3.41. The van der Waals surface area contributed by atoms with Gasteiger partial charge in [0.1, 0.15) is 22.5 Å². The Morgan fingerprint density at radius 2 is 2.00 bits per heavy atom. The minimum atomic E-state index is 0.270. The second kappa shape index (κ2) is 6.57. The van der Waals surface area contributed by atoms with Crippen LogP contribution in [0.25, 0.3) is 0 Å². The number of phenols is 1. The van der Waals surface area contributed by atoms with Gasteiger partial charge in [-0.25, -0.2) is 9.97 Å². The minimum absolute atomic E-state index is 0.270. The van der Waals surface area contributed by atoms with Gasteiger partial charge in [0.25, 0.3) is 0 Å². The van der Waals surface area contributed by atoms with Crippen LogP contribution in [-0.4, -0.2) is 15.1 Å². The van der Waals surface area contributed by atoms with Crippen LogP contribution in [0.15, 0.2) is 24.3 Å². The molecule has 20 heavy (non-hydrogen) atoms. The summed E-state index contributed by atoms with van der Waals surface area (Å²) in [4.78, 5) is 8.74. The molecule has 0 aliphatic heterocycles. The highest BCUT2D eigenvalue weighted by Crippen LogP contribution is 2.22. The molecular weight excluding hydrogens is 274 g/mol. The van der Waals surface area contributed by atoms with Crippen molar-refractivity contribution in [2.24, 2.45) is 0 Å². The molecular formula is C15H18ClN3O. The van der Waals surface area contributed by atoms with Gasteiger partial charge in [-0.3, -0.25) is 0 Å². The van der Waals surface area contributed by atoms with Gasteiger partial charge >= 0.3 is 0 Å². The Kier molecular flexibility index (Phi) is 4.79. The zero-order chi connectivity index (χ0) is 14.5. The van der Waals surface area contributed by atoms with E-state index in [1.165, 1.54) is 0 Å². The van der Waals surface area contributed by atoms with Crippen molar-refractivity contribution in [3.63, 3.8) is 0 Å². The van der Waals surface area contributed by atoms with Crippen LogP contribution in [0, 0.1) is 6.92 Å². The highest BCUT2D eigenvalue weighted by Gasteiger charge is 2.09. The molecule has 0 saturated heterocycles. The average molecular weight is 292 g/mol. The number of benzene rings is 1. The number of nitrogens with one attached hydrogen (secondary N) is 1. The fraction of sp³-hybridized carbons (Fsp3) is 0.333. The summed E-state index contributed by atoms with van der Waals surface area (Å²) in [5, 5.41) is 13.4. The maximum Gasteiger partial charge on any atom is 0.137 e. The largest absolute Gasteiger partial charge is 0.508 e. The Morgan fingerprint density at radius 3 is 2.70 bits per heavy atom. The number of hydrogen-bond donors (Lipinski definition) is 2. The summed E-state index contributed by atoms with van der Waals surface area (Å²) in [6, 6.07) is 7.22. The second-order valence-electron chi connectivity index (χ2n) is 4.64. The molecule has 0 bridgehead atoms. The molecule has 0 spiro atoms. The van der Waals surface area contributed by atoms with E-state index >= 15 is 0 Å². The average Bonchev–Trinajstić information content (AvgIpc) is 2.43. The summed E-state index contributed by atoms with van der Waals surface area (Å²) in [5.74, 6) is 1.73. The van der Waals surface area contributed by atoms with E-state index in [4.69, 9.17) is 11.6 Å². The maximum atomic E-state index is 9.75. The van der Waals surface area contributed by atoms with Gasteiger partial charge in [-0.2, -0.15) is 0 Å². The molecule has 106 valence electrons. The normalized spacial score (nSPS) is 10.6. The number of anilines is 1. The molecule has 0 atom stereocenters. The summed E-state index contributed by atoms with van der Waals surface area (Å²) >= 11 is 6.13. The molecule has 2 N–H and O–H groups in total. The van der Waals surface area contributed by atoms with Gasteiger partial charge < -0.3 is 10.4 Å². The summed E-state index contributed by atoms with van der Waals surface area (Å²) in [6.07, 6.45) is 1.77. The fourth-order valence-corrected chi connectivity index (χ4v) is 2.07. The number of rotatable bonds is 5. The van der Waals surface area contributed by atoms with Gasteiger partial charge in [-0.1, -0.05) is 36.7 Å². The number of nitrogens with zero attached hydrogens (tertiary/aromatic N) is 2. The van der Waals surface area contributed by atoms with Crippen LogP contribution < -0.4 is 5.32 Å². The molecule has 1 heterocycles. The van der Waals surface area contributed by atoms with E-state index < -0.39 is 0 Å². The van der Waals surface area contributed by atoms with E-state index in [1.807, 2.05) is 19.1 Å². The molecule has 2 rings (SSSR count). The third kappa shape index (κ3) is 3.39. The molecule has 0 aliphatic carbocycles. The van der Waals surface area contributed by atoms with Gasteiger partial charge in [0.05, 0.1) is 0 Å². The van der Waals surface area contributed by atoms with Gasteiger partial charge in [0.15, 0.2) is 0 Å². The molecule has 0 fully saturated rings. The number of aryl methyl sites for hydroxylation is 1. The first-order valence-corrected chi connectivity index (χ1v) is 7.03. The van der Waals surface area contributed by atoms with Crippen LogP contribution in [-0.2, 0) is 13.0 Å². The molecule has 2 aromatic rings. The third-order valence-electron chi connectivity index (χ3n) is 3.04. The molecule has 1 aromatic heterocycles. The van der Waals surface area contributed by atoms with Crippen molar-refractivity contribution in [1.82, 2.24) is 9.97 Å². The lowest BCUT2D eigenvalue weighted by Gasteiger charge is -2.12. The topological polar surface area (TPSA) is 58.0 Å². The number of aromatic hydroxyl groups is 1. The van der Waals surface area contributed by atoms with E-state index in [2.05, 4.69) is 22.2 Å². The predicted octanol–water partition coefficient (Wildman–Crippen LogP) is 3.71. The van der Waals surface area contributed by atoms with Crippen molar-refractivity contribution in [1.29, 1.82) is 0 Å². The molecule has 0 amide bonds. The van der Waals surface area contributed by atoms with Crippen LogP contribution in [0.4, 0.5) is 5.82 Å². The first-order valence-electron chi connectivity index (χ1n) is 6.65. The van der Waals surface area contributed by atoms with Gasteiger partial charge in [-0.15, -0.1) is 0 Å². The van der Waals surface area contributed by atoms with Crippen LogP contribution in [0.5, 0.6) is 5.75 Å². The first kappa shape index (κ1) is 14.6. The lowest BCUT2D eigenvalue weighted by molar-refractivity contribution is 0.469. The van der Waals surface area contributed by atoms with Crippen molar-refractivity contribution >= 4 is 17.4 Å². The van der Waals surface area contributed by atoms with Gasteiger partial charge in [0.2, 0.25) is 0 Å². The quantitative estimate of drug-likeness (QED) is 0.825. The van der Waals surface area contributed by atoms with Crippen LogP contribution >= 0.6 is 11.6 Å². The van der Waals surface area contributed by atoms with Crippen molar-refractivity contribution in [3.8, 4) is 5.75 Å². The van der Waals surface area contributed by atoms with Gasteiger partial charge in [-0.05, 0) is 19.4 Å². The molecule has 0 unspecified atom stereocenters. The van der Waals surface area contributed by atoms with Gasteiger partial charge in [0, 0.05) is 24.1 Å². The van der Waals surface area contributed by atoms with Crippen LogP contribution in [0.1, 0.15) is 30.3 Å². The van der Waals surface area contributed by atoms with E-state index in [-0.39, 0.29) is 5.75 Å². The SMILES string of the molecule is CCCc1nc(Cl)c(C)c(NCc2ccccc2O)n1. The summed E-state index contributed by atoms with van der Waals surface area (Å²) in [7, 11) is 0. The van der Waals surface area contributed by atoms with E-state index in [0.29, 0.717) is 11.7 Å². The lowest BCUT2D eigenvalue weighted by atomic mass is 10.2. The Hall–Kier alpha value is -1.81. The van der Waals surface area contributed by atoms with E-state index in [0.717, 1.165) is 35.6 Å². The lowest BCUT2D eigenvalue weighted by Crippen LogP contribution is -2.07. The standard InChI is InChI=1S/C15H18ClN3O/c1-3-6-13-18-14(16)10(2)15(19-13)17-9-11-7-4-5-8-12(11)20/h4-5,7-8,20H,3,6,9H2,1-2H3,(H,17,18,19). The maximum absolute atomic E-state index is 9.75.